The van der Waals surface area contributed by atoms with Crippen LogP contribution >= 0.6 is 0 Å². The fourth-order valence-corrected chi connectivity index (χ4v) is 2.49. The van der Waals surface area contributed by atoms with Crippen molar-refractivity contribution in [2.75, 3.05) is 13.1 Å². The molecule has 0 aromatic heterocycles. The average Bonchev–Trinajstić information content (AvgIpc) is 2.27. The Bertz CT molecular complexity index is 173. The Kier molecular flexibility index (Phi) is 5.07. The van der Waals surface area contributed by atoms with E-state index in [0.717, 1.165) is 25.6 Å². The molecule has 2 heteroatoms. The van der Waals surface area contributed by atoms with Crippen LogP contribution < -0.4 is 0 Å². The van der Waals surface area contributed by atoms with E-state index in [9.17, 15) is 5.11 Å². The summed E-state index contributed by atoms with van der Waals surface area (Å²) in [5.41, 5.74) is -0.506. The Balaban J connectivity index is 2.46. The number of likely N-dealkylation sites (N-methyl/N-ethyl adjacent to an activating group) is 1. The average molecular weight is 213 g/mol. The van der Waals surface area contributed by atoms with E-state index in [4.69, 9.17) is 0 Å². The number of hydrogen-bond acceptors (Lipinski definition) is 2. The lowest BCUT2D eigenvalue weighted by Crippen LogP contribution is -2.46. The van der Waals surface area contributed by atoms with Gasteiger partial charge in [0.15, 0.2) is 0 Å². The summed E-state index contributed by atoms with van der Waals surface area (Å²) in [4.78, 5) is 2.47. The van der Waals surface area contributed by atoms with Gasteiger partial charge in [0.1, 0.15) is 0 Å². The Hall–Kier alpha value is -0.0800. The minimum atomic E-state index is -0.506. The molecule has 1 rings (SSSR count). The van der Waals surface area contributed by atoms with Gasteiger partial charge in [-0.05, 0) is 32.7 Å². The van der Waals surface area contributed by atoms with Crippen LogP contribution in [-0.2, 0) is 0 Å². The Morgan fingerprint density at radius 2 is 1.80 bits per heavy atom. The molecule has 15 heavy (non-hydrogen) atoms. The van der Waals surface area contributed by atoms with Gasteiger partial charge in [-0.25, -0.2) is 0 Å². The molecule has 1 aliphatic carbocycles. The van der Waals surface area contributed by atoms with Gasteiger partial charge in [0, 0.05) is 12.6 Å². The third kappa shape index (κ3) is 4.12. The van der Waals surface area contributed by atoms with Crippen molar-refractivity contribution in [3.63, 3.8) is 0 Å². The lowest BCUT2D eigenvalue weighted by molar-refractivity contribution is -0.000800. The van der Waals surface area contributed by atoms with Gasteiger partial charge < -0.3 is 5.11 Å². The van der Waals surface area contributed by atoms with Crippen LogP contribution in [0.3, 0.4) is 0 Å². The van der Waals surface area contributed by atoms with E-state index in [2.05, 4.69) is 18.7 Å². The monoisotopic (exact) mass is 213 g/mol. The minimum absolute atomic E-state index is 0.506. The first kappa shape index (κ1) is 13.0. The maximum atomic E-state index is 10.1. The van der Waals surface area contributed by atoms with Crippen LogP contribution in [0.4, 0.5) is 0 Å². The van der Waals surface area contributed by atoms with Crippen molar-refractivity contribution >= 4 is 0 Å². The molecule has 1 fully saturated rings. The summed E-state index contributed by atoms with van der Waals surface area (Å²) in [7, 11) is 0. The molecule has 0 aromatic rings. The first-order valence-corrected chi connectivity index (χ1v) is 6.55. The van der Waals surface area contributed by atoms with Crippen molar-refractivity contribution in [1.82, 2.24) is 4.90 Å². The van der Waals surface area contributed by atoms with E-state index in [1.165, 1.54) is 32.1 Å². The number of hydrogen-bond donors (Lipinski definition) is 1. The van der Waals surface area contributed by atoms with E-state index in [1.807, 2.05) is 6.92 Å². The van der Waals surface area contributed by atoms with E-state index in [0.29, 0.717) is 0 Å². The molecular weight excluding hydrogens is 186 g/mol. The molecule has 0 saturated heterocycles. The van der Waals surface area contributed by atoms with Gasteiger partial charge in [0.05, 0.1) is 5.60 Å². The quantitative estimate of drug-likeness (QED) is 0.759. The lowest BCUT2D eigenvalue weighted by Gasteiger charge is -2.37. The molecule has 0 spiro atoms. The largest absolute Gasteiger partial charge is 0.389 e. The van der Waals surface area contributed by atoms with E-state index >= 15 is 0 Å². The van der Waals surface area contributed by atoms with Gasteiger partial charge in [0.2, 0.25) is 0 Å². The van der Waals surface area contributed by atoms with Crippen LogP contribution in [0.25, 0.3) is 0 Å². The molecule has 1 unspecified atom stereocenters. The van der Waals surface area contributed by atoms with Gasteiger partial charge in [-0.3, -0.25) is 4.90 Å². The van der Waals surface area contributed by atoms with Crippen molar-refractivity contribution in [1.29, 1.82) is 0 Å². The Morgan fingerprint density at radius 1 is 1.20 bits per heavy atom. The zero-order chi connectivity index (χ0) is 11.3. The SMILES string of the molecule is CCN(CC(C)(O)CC)C1CCCCC1. The Labute approximate surface area is 94.7 Å². The van der Waals surface area contributed by atoms with Gasteiger partial charge >= 0.3 is 0 Å². The highest BCUT2D eigenvalue weighted by Crippen LogP contribution is 2.24. The van der Waals surface area contributed by atoms with Gasteiger partial charge in [-0.2, -0.15) is 0 Å². The number of nitrogens with zero attached hydrogens (tertiary/aromatic N) is 1. The van der Waals surface area contributed by atoms with Gasteiger partial charge in [0.25, 0.3) is 0 Å². The third-order valence-corrected chi connectivity index (χ3v) is 3.80. The molecule has 1 saturated carbocycles. The summed E-state index contributed by atoms with van der Waals surface area (Å²) < 4.78 is 0. The molecule has 0 amide bonds. The van der Waals surface area contributed by atoms with Crippen LogP contribution in [0.1, 0.15) is 59.3 Å². The summed E-state index contributed by atoms with van der Waals surface area (Å²) in [5, 5.41) is 10.1. The second kappa shape index (κ2) is 5.86. The lowest BCUT2D eigenvalue weighted by atomic mass is 9.92. The van der Waals surface area contributed by atoms with Crippen LogP contribution in [0.2, 0.25) is 0 Å². The Morgan fingerprint density at radius 3 is 2.27 bits per heavy atom. The van der Waals surface area contributed by atoms with E-state index in [-0.39, 0.29) is 0 Å². The van der Waals surface area contributed by atoms with Crippen LogP contribution in [0.15, 0.2) is 0 Å². The summed E-state index contributed by atoms with van der Waals surface area (Å²) in [5.74, 6) is 0. The highest BCUT2D eigenvalue weighted by Gasteiger charge is 2.26. The molecule has 0 radical (unpaired) electrons. The second-order valence-corrected chi connectivity index (χ2v) is 5.21. The predicted molar refractivity (Wildman–Crippen MR) is 65.0 cm³/mol. The summed E-state index contributed by atoms with van der Waals surface area (Å²) >= 11 is 0. The molecule has 1 aliphatic rings. The number of rotatable bonds is 5. The van der Waals surface area contributed by atoms with Crippen molar-refractivity contribution < 1.29 is 5.11 Å². The predicted octanol–water partition coefficient (Wildman–Crippen LogP) is 2.80. The summed E-state index contributed by atoms with van der Waals surface area (Å²) in [6, 6.07) is 0.724. The maximum absolute atomic E-state index is 10.1. The summed E-state index contributed by atoms with van der Waals surface area (Å²) in [6.07, 6.45) is 7.64. The first-order valence-electron chi connectivity index (χ1n) is 6.55. The second-order valence-electron chi connectivity index (χ2n) is 5.21. The first-order chi connectivity index (χ1) is 7.09. The fraction of sp³-hybridized carbons (Fsp3) is 1.00. The van der Waals surface area contributed by atoms with E-state index in [1.54, 1.807) is 0 Å². The smallest absolute Gasteiger partial charge is 0.0743 e. The van der Waals surface area contributed by atoms with Crippen molar-refractivity contribution in [2.45, 2.75) is 70.9 Å². The van der Waals surface area contributed by atoms with Crippen molar-refractivity contribution in [3.8, 4) is 0 Å². The fourth-order valence-electron chi connectivity index (χ4n) is 2.49. The molecular formula is C13H27NO. The topological polar surface area (TPSA) is 23.5 Å². The molecule has 1 atom stereocenters. The zero-order valence-electron chi connectivity index (χ0n) is 10.6. The van der Waals surface area contributed by atoms with Crippen LogP contribution in [0.5, 0.6) is 0 Å². The highest BCUT2D eigenvalue weighted by molar-refractivity contribution is 4.81. The maximum Gasteiger partial charge on any atom is 0.0743 e. The summed E-state index contributed by atoms with van der Waals surface area (Å²) in [6.45, 7) is 8.14. The molecule has 90 valence electrons. The molecule has 2 nitrogen and oxygen atoms in total. The van der Waals surface area contributed by atoms with Gasteiger partial charge in [-0.15, -0.1) is 0 Å². The highest BCUT2D eigenvalue weighted by atomic mass is 16.3. The van der Waals surface area contributed by atoms with Crippen LogP contribution in [-0.4, -0.2) is 34.7 Å². The molecule has 0 aliphatic heterocycles. The van der Waals surface area contributed by atoms with E-state index < -0.39 is 5.60 Å². The molecule has 0 heterocycles. The van der Waals surface area contributed by atoms with Crippen molar-refractivity contribution in [2.24, 2.45) is 0 Å². The standard InChI is InChI=1S/C13H27NO/c1-4-13(3,15)11-14(5-2)12-9-7-6-8-10-12/h12,15H,4-11H2,1-3H3. The zero-order valence-corrected chi connectivity index (χ0v) is 10.6. The van der Waals surface area contributed by atoms with Crippen molar-refractivity contribution in [3.05, 3.63) is 0 Å². The molecule has 0 aromatic carbocycles. The minimum Gasteiger partial charge on any atom is -0.389 e. The number of aliphatic hydroxyl groups is 1. The molecule has 1 N–H and O–H groups in total. The molecule has 0 bridgehead atoms. The third-order valence-electron chi connectivity index (χ3n) is 3.80. The van der Waals surface area contributed by atoms with Gasteiger partial charge in [-0.1, -0.05) is 33.1 Å². The normalized spacial score (nSPS) is 23.0. The van der Waals surface area contributed by atoms with Crippen LogP contribution in [0, 0.1) is 0 Å².